The molecule has 0 aliphatic heterocycles. The Morgan fingerprint density at radius 3 is 2.83 bits per heavy atom. The molecule has 1 heterocycles. The van der Waals surface area contributed by atoms with Crippen LogP contribution in [0.15, 0.2) is 30.5 Å². The molecule has 1 aromatic heterocycles. The second kappa shape index (κ2) is 4.28. The monoisotopic (exact) mass is 239 g/mol. The Labute approximate surface area is 105 Å². The fraction of sp³-hybridized carbons (Fsp3) is 0.286. The molecule has 2 N–H and O–H groups in total. The van der Waals surface area contributed by atoms with Crippen LogP contribution in [0.25, 0.3) is 10.9 Å². The smallest absolute Gasteiger partial charge is 0.148 e. The summed E-state index contributed by atoms with van der Waals surface area (Å²) >= 11 is 0. The fourth-order valence-electron chi connectivity index (χ4n) is 2.19. The van der Waals surface area contributed by atoms with Gasteiger partial charge in [-0.3, -0.25) is 4.98 Å². The number of pyridine rings is 1. The van der Waals surface area contributed by atoms with E-state index in [0.29, 0.717) is 11.3 Å². The van der Waals surface area contributed by atoms with E-state index >= 15 is 0 Å². The number of rotatable bonds is 2. The van der Waals surface area contributed by atoms with E-state index in [4.69, 9.17) is 15.7 Å². The Hall–Kier alpha value is -2.12. The van der Waals surface area contributed by atoms with Crippen molar-refractivity contribution < 1.29 is 4.74 Å². The average molecular weight is 239 g/mol. The van der Waals surface area contributed by atoms with Crippen molar-refractivity contribution in [3.63, 3.8) is 0 Å². The number of nitriles is 1. The van der Waals surface area contributed by atoms with Crippen LogP contribution in [0.3, 0.4) is 0 Å². The fourth-order valence-corrected chi connectivity index (χ4v) is 2.19. The molecule has 3 rings (SSSR count). The zero-order valence-corrected chi connectivity index (χ0v) is 9.84. The van der Waals surface area contributed by atoms with Crippen LogP contribution in [0.1, 0.15) is 18.4 Å². The molecule has 0 bridgehead atoms. The zero-order chi connectivity index (χ0) is 12.5. The van der Waals surface area contributed by atoms with Crippen molar-refractivity contribution in [1.82, 2.24) is 4.98 Å². The highest BCUT2D eigenvalue weighted by molar-refractivity contribution is 5.87. The van der Waals surface area contributed by atoms with Crippen molar-refractivity contribution in [2.24, 2.45) is 5.73 Å². The Morgan fingerprint density at radius 2 is 2.11 bits per heavy atom. The van der Waals surface area contributed by atoms with Crippen molar-refractivity contribution in [2.45, 2.75) is 25.0 Å². The lowest BCUT2D eigenvalue weighted by molar-refractivity contribution is 0.102. The highest BCUT2D eigenvalue weighted by Gasteiger charge is 2.28. The molecule has 4 nitrogen and oxygen atoms in total. The molecule has 1 aromatic carbocycles. The van der Waals surface area contributed by atoms with Gasteiger partial charge in [0.1, 0.15) is 23.5 Å². The minimum absolute atomic E-state index is 0.123. The molecule has 1 fully saturated rings. The molecular weight excluding hydrogens is 226 g/mol. The van der Waals surface area contributed by atoms with Crippen molar-refractivity contribution in [2.75, 3.05) is 0 Å². The van der Waals surface area contributed by atoms with E-state index in [1.54, 1.807) is 6.20 Å². The van der Waals surface area contributed by atoms with Gasteiger partial charge in [0.2, 0.25) is 0 Å². The number of hydrogen-bond donors (Lipinski definition) is 1. The van der Waals surface area contributed by atoms with Gasteiger partial charge in [0, 0.05) is 17.6 Å². The first-order valence-corrected chi connectivity index (χ1v) is 5.98. The number of nitrogens with two attached hydrogens (primary N) is 1. The van der Waals surface area contributed by atoms with E-state index in [-0.39, 0.29) is 12.1 Å². The maximum atomic E-state index is 9.14. The average Bonchev–Trinajstić information content (AvgIpc) is 2.37. The van der Waals surface area contributed by atoms with Crippen LogP contribution in [0.4, 0.5) is 0 Å². The molecule has 18 heavy (non-hydrogen) atoms. The van der Waals surface area contributed by atoms with Crippen LogP contribution >= 0.6 is 0 Å². The van der Waals surface area contributed by atoms with Gasteiger partial charge in [-0.05, 0) is 25.0 Å². The van der Waals surface area contributed by atoms with Gasteiger partial charge in [0.25, 0.3) is 0 Å². The van der Waals surface area contributed by atoms with E-state index in [0.717, 1.165) is 23.7 Å². The van der Waals surface area contributed by atoms with Crippen molar-refractivity contribution in [3.8, 4) is 11.8 Å². The number of aromatic nitrogens is 1. The Kier molecular flexibility index (Phi) is 2.62. The highest BCUT2D eigenvalue weighted by atomic mass is 16.5. The van der Waals surface area contributed by atoms with E-state index < -0.39 is 0 Å². The lowest BCUT2D eigenvalue weighted by atomic mass is 9.90. The third kappa shape index (κ3) is 1.79. The summed E-state index contributed by atoms with van der Waals surface area (Å²) in [5, 5.41) is 10.0. The largest absolute Gasteiger partial charge is 0.488 e. The van der Waals surface area contributed by atoms with Gasteiger partial charge in [-0.2, -0.15) is 5.26 Å². The second-order valence-electron chi connectivity index (χ2n) is 4.60. The first kappa shape index (κ1) is 11.0. The summed E-state index contributed by atoms with van der Waals surface area (Å²) in [4.78, 5) is 4.25. The first-order valence-electron chi connectivity index (χ1n) is 5.98. The standard InChI is InChI=1S/C14H13N3O/c15-7-9-8-17-13-4-2-1-3-12(13)14(9)18-11-5-10(16)6-11/h1-4,8,10-11H,5-6,16H2. The molecule has 1 saturated carbocycles. The summed E-state index contributed by atoms with van der Waals surface area (Å²) in [6, 6.07) is 10.0. The molecule has 0 saturated heterocycles. The van der Waals surface area contributed by atoms with Crippen molar-refractivity contribution >= 4 is 10.9 Å². The van der Waals surface area contributed by atoms with E-state index in [9.17, 15) is 0 Å². The number of hydrogen-bond acceptors (Lipinski definition) is 4. The Morgan fingerprint density at radius 1 is 1.33 bits per heavy atom. The third-order valence-corrected chi connectivity index (χ3v) is 3.26. The van der Waals surface area contributed by atoms with Crippen molar-refractivity contribution in [1.29, 1.82) is 5.26 Å². The van der Waals surface area contributed by atoms with E-state index in [2.05, 4.69) is 11.1 Å². The summed E-state index contributed by atoms with van der Waals surface area (Å²) in [5.74, 6) is 0.639. The first-order chi connectivity index (χ1) is 8.78. The summed E-state index contributed by atoms with van der Waals surface area (Å²) in [6.07, 6.45) is 3.39. The SMILES string of the molecule is N#Cc1cnc2ccccc2c1OC1CC(N)C1. The van der Waals surface area contributed by atoms with Gasteiger partial charge in [0.15, 0.2) is 0 Å². The highest BCUT2D eigenvalue weighted by Crippen LogP contribution is 2.32. The lowest BCUT2D eigenvalue weighted by Gasteiger charge is -2.33. The van der Waals surface area contributed by atoms with Crippen LogP contribution in [0, 0.1) is 11.3 Å². The van der Waals surface area contributed by atoms with Crippen LogP contribution < -0.4 is 10.5 Å². The third-order valence-electron chi connectivity index (χ3n) is 3.26. The Bertz CT molecular complexity index is 626. The van der Waals surface area contributed by atoms with Gasteiger partial charge in [-0.1, -0.05) is 12.1 Å². The summed E-state index contributed by atoms with van der Waals surface area (Å²) in [6.45, 7) is 0. The van der Waals surface area contributed by atoms with Crippen LogP contribution in [-0.2, 0) is 0 Å². The molecule has 4 heteroatoms. The number of ether oxygens (including phenoxy) is 1. The molecule has 90 valence electrons. The number of nitrogens with zero attached hydrogens (tertiary/aromatic N) is 2. The van der Waals surface area contributed by atoms with Gasteiger partial charge in [0.05, 0.1) is 5.52 Å². The number of fused-ring (bicyclic) bond motifs is 1. The maximum Gasteiger partial charge on any atom is 0.148 e. The molecule has 0 spiro atoms. The molecule has 0 radical (unpaired) electrons. The summed E-state index contributed by atoms with van der Waals surface area (Å²) in [5.41, 5.74) is 7.07. The predicted octanol–water partition coefficient (Wildman–Crippen LogP) is 1.97. The van der Waals surface area contributed by atoms with Gasteiger partial charge in [-0.25, -0.2) is 0 Å². The van der Waals surface area contributed by atoms with Gasteiger partial charge < -0.3 is 10.5 Å². The van der Waals surface area contributed by atoms with Crippen LogP contribution in [0.2, 0.25) is 0 Å². The normalized spacial score (nSPS) is 22.2. The maximum absolute atomic E-state index is 9.14. The van der Waals surface area contributed by atoms with E-state index in [1.807, 2.05) is 24.3 Å². The molecular formula is C14H13N3O. The predicted molar refractivity (Wildman–Crippen MR) is 68.1 cm³/mol. The molecule has 0 amide bonds. The quantitative estimate of drug-likeness (QED) is 0.869. The molecule has 1 aliphatic carbocycles. The van der Waals surface area contributed by atoms with Gasteiger partial charge >= 0.3 is 0 Å². The molecule has 1 aliphatic rings. The molecule has 2 aromatic rings. The summed E-state index contributed by atoms with van der Waals surface area (Å²) in [7, 11) is 0. The van der Waals surface area contributed by atoms with Crippen LogP contribution in [-0.4, -0.2) is 17.1 Å². The van der Waals surface area contributed by atoms with E-state index in [1.165, 1.54) is 0 Å². The summed E-state index contributed by atoms with van der Waals surface area (Å²) < 4.78 is 5.91. The minimum atomic E-state index is 0.123. The minimum Gasteiger partial charge on any atom is -0.488 e. The Balaban J connectivity index is 2.04. The zero-order valence-electron chi connectivity index (χ0n) is 9.84. The lowest BCUT2D eigenvalue weighted by Crippen LogP contribution is -2.43. The molecule has 0 atom stereocenters. The topological polar surface area (TPSA) is 71.9 Å². The second-order valence-corrected chi connectivity index (χ2v) is 4.60. The van der Waals surface area contributed by atoms with Gasteiger partial charge in [-0.15, -0.1) is 0 Å². The number of benzene rings is 1. The van der Waals surface area contributed by atoms with Crippen LogP contribution in [0.5, 0.6) is 5.75 Å². The molecule has 0 unspecified atom stereocenters. The van der Waals surface area contributed by atoms with Crippen molar-refractivity contribution in [3.05, 3.63) is 36.0 Å². The number of para-hydroxylation sites is 1.